The molecule has 0 spiro atoms. The maximum Gasteiger partial charge on any atom is 0.0623 e. The normalized spacial score (nSPS) is 14.9. The van der Waals surface area contributed by atoms with Crippen LogP contribution in [0.5, 0.6) is 0 Å². The lowest BCUT2D eigenvalue weighted by atomic mass is 10.0. The number of likely N-dealkylation sites (N-methyl/N-ethyl adjacent to an activating group) is 2. The molecule has 0 aliphatic rings. The summed E-state index contributed by atoms with van der Waals surface area (Å²) < 4.78 is 0. The van der Waals surface area contributed by atoms with Crippen molar-refractivity contribution in [1.82, 2.24) is 10.2 Å². The molecule has 0 fully saturated rings. The number of nitrogens with zero attached hydrogens (tertiary/aromatic N) is 1. The van der Waals surface area contributed by atoms with Crippen molar-refractivity contribution < 1.29 is 5.11 Å². The lowest BCUT2D eigenvalue weighted by Gasteiger charge is -2.31. The van der Waals surface area contributed by atoms with Gasteiger partial charge in [-0.15, -0.1) is 0 Å². The van der Waals surface area contributed by atoms with E-state index in [9.17, 15) is 5.11 Å². The summed E-state index contributed by atoms with van der Waals surface area (Å²) in [4.78, 5) is 2.25. The lowest BCUT2D eigenvalue weighted by Crippen LogP contribution is -2.52. The second-order valence-electron chi connectivity index (χ2n) is 4.94. The predicted molar refractivity (Wildman–Crippen MR) is 72.2 cm³/mol. The zero-order valence-corrected chi connectivity index (χ0v) is 11.1. The van der Waals surface area contributed by atoms with Crippen LogP contribution in [0.25, 0.3) is 0 Å². The molecule has 0 aliphatic heterocycles. The van der Waals surface area contributed by atoms with Gasteiger partial charge in [-0.05, 0) is 33.0 Å². The summed E-state index contributed by atoms with van der Waals surface area (Å²) in [6, 6.07) is 10.5. The molecule has 3 nitrogen and oxygen atoms in total. The van der Waals surface area contributed by atoms with Crippen LogP contribution in [-0.2, 0) is 6.42 Å². The van der Waals surface area contributed by atoms with Gasteiger partial charge in [0.05, 0.1) is 12.1 Å². The molecule has 1 atom stereocenters. The molecular weight excluding hydrogens is 212 g/mol. The van der Waals surface area contributed by atoms with E-state index in [1.165, 1.54) is 5.56 Å². The van der Waals surface area contributed by atoms with E-state index in [0.29, 0.717) is 0 Å². The third-order valence-electron chi connectivity index (χ3n) is 3.20. The van der Waals surface area contributed by atoms with E-state index < -0.39 is 0 Å². The van der Waals surface area contributed by atoms with E-state index in [-0.39, 0.29) is 12.1 Å². The molecule has 0 radical (unpaired) electrons. The van der Waals surface area contributed by atoms with Crippen LogP contribution in [-0.4, -0.2) is 49.3 Å². The maximum absolute atomic E-state index is 9.33. The third kappa shape index (κ3) is 4.86. The van der Waals surface area contributed by atoms with Gasteiger partial charge in [0.25, 0.3) is 0 Å². The topological polar surface area (TPSA) is 35.5 Å². The molecule has 0 heterocycles. The van der Waals surface area contributed by atoms with E-state index in [1.807, 2.05) is 20.0 Å². The molecule has 0 saturated carbocycles. The third-order valence-corrected chi connectivity index (χ3v) is 3.20. The van der Waals surface area contributed by atoms with Gasteiger partial charge in [0.15, 0.2) is 0 Å². The van der Waals surface area contributed by atoms with Crippen molar-refractivity contribution in [3.05, 3.63) is 35.9 Å². The van der Waals surface area contributed by atoms with Crippen LogP contribution in [0.15, 0.2) is 30.3 Å². The quantitative estimate of drug-likeness (QED) is 0.745. The van der Waals surface area contributed by atoms with E-state index in [1.54, 1.807) is 0 Å². The Labute approximate surface area is 104 Å². The van der Waals surface area contributed by atoms with Gasteiger partial charge in [-0.2, -0.15) is 0 Å². The minimum atomic E-state index is -0.217. The number of aliphatic hydroxyl groups excluding tert-OH is 1. The Hall–Kier alpha value is -0.900. The predicted octanol–water partition coefficient (Wildman–Crippen LogP) is 1.13. The van der Waals surface area contributed by atoms with Gasteiger partial charge in [0.1, 0.15) is 0 Å². The minimum absolute atomic E-state index is 0.152. The summed E-state index contributed by atoms with van der Waals surface area (Å²) in [5.41, 5.74) is 1.14. The Balaban J connectivity index is 2.37. The maximum atomic E-state index is 9.33. The highest BCUT2D eigenvalue weighted by Crippen LogP contribution is 2.06. The first-order chi connectivity index (χ1) is 8.09. The van der Waals surface area contributed by atoms with Crippen molar-refractivity contribution in [2.75, 3.05) is 33.8 Å². The van der Waals surface area contributed by atoms with Gasteiger partial charge in [-0.3, -0.25) is 0 Å². The van der Waals surface area contributed by atoms with Gasteiger partial charge < -0.3 is 15.3 Å². The Morgan fingerprint density at radius 3 is 2.47 bits per heavy atom. The van der Waals surface area contributed by atoms with Crippen LogP contribution in [0.2, 0.25) is 0 Å². The summed E-state index contributed by atoms with van der Waals surface area (Å²) in [5, 5.41) is 12.5. The standard InChI is InChI=1S/C14H24N2O/c1-14(12-17,15-2)11-16(3)10-9-13-7-5-4-6-8-13/h4-8,15,17H,9-12H2,1-3H3. The number of nitrogens with one attached hydrogen (secondary N) is 1. The molecule has 0 amide bonds. The lowest BCUT2D eigenvalue weighted by molar-refractivity contribution is 0.139. The number of benzene rings is 1. The highest BCUT2D eigenvalue weighted by molar-refractivity contribution is 5.14. The molecule has 1 rings (SSSR count). The molecule has 3 heteroatoms. The summed E-state index contributed by atoms with van der Waals surface area (Å²) in [6.45, 7) is 4.03. The van der Waals surface area contributed by atoms with Gasteiger partial charge in [-0.1, -0.05) is 30.3 Å². The molecule has 1 aromatic rings. The zero-order valence-electron chi connectivity index (χ0n) is 11.1. The minimum Gasteiger partial charge on any atom is -0.394 e. The molecule has 17 heavy (non-hydrogen) atoms. The van der Waals surface area contributed by atoms with E-state index >= 15 is 0 Å². The van der Waals surface area contributed by atoms with Gasteiger partial charge in [0.2, 0.25) is 0 Å². The second kappa shape index (κ2) is 6.74. The molecule has 0 bridgehead atoms. The largest absolute Gasteiger partial charge is 0.394 e. The van der Waals surface area contributed by atoms with Crippen LogP contribution in [0.1, 0.15) is 12.5 Å². The highest BCUT2D eigenvalue weighted by atomic mass is 16.3. The van der Waals surface area contributed by atoms with Crippen molar-refractivity contribution in [2.24, 2.45) is 0 Å². The molecule has 96 valence electrons. The molecule has 2 N–H and O–H groups in total. The molecule has 0 saturated heterocycles. The van der Waals surface area contributed by atoms with Crippen molar-refractivity contribution in [2.45, 2.75) is 18.9 Å². The van der Waals surface area contributed by atoms with Crippen LogP contribution in [0.3, 0.4) is 0 Å². The van der Waals surface area contributed by atoms with Gasteiger partial charge in [0, 0.05) is 13.1 Å². The Morgan fingerprint density at radius 1 is 1.29 bits per heavy atom. The van der Waals surface area contributed by atoms with Crippen molar-refractivity contribution in [1.29, 1.82) is 0 Å². The van der Waals surface area contributed by atoms with Crippen molar-refractivity contribution >= 4 is 0 Å². The zero-order chi connectivity index (χ0) is 12.7. The van der Waals surface area contributed by atoms with E-state index in [2.05, 4.69) is 41.5 Å². The highest BCUT2D eigenvalue weighted by Gasteiger charge is 2.22. The Morgan fingerprint density at radius 2 is 1.94 bits per heavy atom. The fourth-order valence-electron chi connectivity index (χ4n) is 1.85. The first-order valence-corrected chi connectivity index (χ1v) is 6.12. The number of hydrogen-bond acceptors (Lipinski definition) is 3. The number of hydrogen-bond donors (Lipinski definition) is 2. The summed E-state index contributed by atoms with van der Waals surface area (Å²) in [7, 11) is 3.98. The smallest absolute Gasteiger partial charge is 0.0623 e. The fourth-order valence-corrected chi connectivity index (χ4v) is 1.85. The summed E-state index contributed by atoms with van der Waals surface area (Å²) in [5.74, 6) is 0. The Bertz CT molecular complexity index is 309. The van der Waals surface area contributed by atoms with Crippen molar-refractivity contribution in [3.63, 3.8) is 0 Å². The van der Waals surface area contributed by atoms with E-state index in [4.69, 9.17) is 0 Å². The Kier molecular flexibility index (Phi) is 5.62. The molecule has 0 aliphatic carbocycles. The number of aliphatic hydroxyl groups is 1. The first-order valence-electron chi connectivity index (χ1n) is 6.12. The summed E-state index contributed by atoms with van der Waals surface area (Å²) in [6.07, 6.45) is 1.04. The molecule has 0 aromatic heterocycles. The molecule has 1 aromatic carbocycles. The van der Waals surface area contributed by atoms with Crippen LogP contribution >= 0.6 is 0 Å². The van der Waals surface area contributed by atoms with Crippen LogP contribution in [0.4, 0.5) is 0 Å². The first kappa shape index (κ1) is 14.2. The van der Waals surface area contributed by atoms with Crippen LogP contribution in [0, 0.1) is 0 Å². The average Bonchev–Trinajstić information content (AvgIpc) is 2.37. The monoisotopic (exact) mass is 236 g/mol. The molecular formula is C14H24N2O. The fraction of sp³-hybridized carbons (Fsp3) is 0.571. The second-order valence-corrected chi connectivity index (χ2v) is 4.94. The van der Waals surface area contributed by atoms with Gasteiger partial charge in [-0.25, -0.2) is 0 Å². The number of rotatable bonds is 7. The van der Waals surface area contributed by atoms with Crippen molar-refractivity contribution in [3.8, 4) is 0 Å². The van der Waals surface area contributed by atoms with Crippen LogP contribution < -0.4 is 5.32 Å². The SMILES string of the molecule is CNC(C)(CO)CN(C)CCc1ccccc1. The summed E-state index contributed by atoms with van der Waals surface area (Å²) >= 11 is 0. The molecule has 1 unspecified atom stereocenters. The average molecular weight is 236 g/mol. The van der Waals surface area contributed by atoms with Gasteiger partial charge >= 0.3 is 0 Å². The van der Waals surface area contributed by atoms with E-state index in [0.717, 1.165) is 19.5 Å².